The third-order valence-corrected chi connectivity index (χ3v) is 6.36. The second-order valence-electron chi connectivity index (χ2n) is 6.80. The molecule has 1 aromatic heterocycles. The van der Waals surface area contributed by atoms with E-state index in [9.17, 15) is 14.9 Å². The number of halogens is 1. The van der Waals surface area contributed by atoms with Gasteiger partial charge in [-0.1, -0.05) is 42.9 Å². The van der Waals surface area contributed by atoms with Crippen molar-refractivity contribution in [1.29, 1.82) is 0 Å². The molecule has 0 unspecified atom stereocenters. The van der Waals surface area contributed by atoms with E-state index in [1.54, 1.807) is 30.0 Å². The van der Waals surface area contributed by atoms with Crippen molar-refractivity contribution in [2.45, 2.75) is 20.8 Å². The summed E-state index contributed by atoms with van der Waals surface area (Å²) in [5, 5.41) is 12.5. The normalized spacial score (nSPS) is 11.2. The number of nitro benzene ring substituents is 1. The molecule has 0 aliphatic heterocycles. The van der Waals surface area contributed by atoms with Gasteiger partial charge in [0.1, 0.15) is 0 Å². The molecule has 0 bridgehead atoms. The summed E-state index contributed by atoms with van der Waals surface area (Å²) in [7, 11) is 0. The zero-order valence-corrected chi connectivity index (χ0v) is 18.7. The fraction of sp³-hybridized carbons (Fsp3) is 0.333. The first-order chi connectivity index (χ1) is 14.3. The minimum atomic E-state index is -0.466. The fourth-order valence-electron chi connectivity index (χ4n) is 3.27. The Morgan fingerprint density at radius 1 is 1.20 bits per heavy atom. The number of carbonyl (C=O) groups excluding carboxylic acids is 1. The van der Waals surface area contributed by atoms with Crippen LogP contribution >= 0.6 is 22.9 Å². The van der Waals surface area contributed by atoms with Crippen molar-refractivity contribution in [3.63, 3.8) is 0 Å². The zero-order valence-electron chi connectivity index (χ0n) is 17.1. The Morgan fingerprint density at radius 3 is 2.60 bits per heavy atom. The summed E-state index contributed by atoms with van der Waals surface area (Å²) in [6, 6.07) is 9.98. The number of amides is 1. The summed E-state index contributed by atoms with van der Waals surface area (Å²) in [6.07, 6.45) is 0. The topological polar surface area (TPSA) is 79.6 Å². The number of likely N-dealkylation sites (N-methyl/N-ethyl adjacent to an activating group) is 1. The largest absolute Gasteiger partial charge is 0.302 e. The molecule has 0 aliphatic rings. The van der Waals surface area contributed by atoms with Gasteiger partial charge in [-0.3, -0.25) is 19.8 Å². The van der Waals surface area contributed by atoms with Crippen molar-refractivity contribution in [2.75, 3.05) is 31.1 Å². The van der Waals surface area contributed by atoms with Crippen LogP contribution in [0.4, 0.5) is 10.8 Å². The number of benzene rings is 2. The minimum Gasteiger partial charge on any atom is -0.302 e. The van der Waals surface area contributed by atoms with Gasteiger partial charge in [0.25, 0.3) is 11.6 Å². The lowest BCUT2D eigenvalue weighted by Gasteiger charge is -2.25. The number of hydrogen-bond acceptors (Lipinski definition) is 6. The molecule has 2 aromatic carbocycles. The van der Waals surface area contributed by atoms with Gasteiger partial charge in [-0.05, 0) is 44.3 Å². The molecule has 1 amide bonds. The van der Waals surface area contributed by atoms with E-state index in [2.05, 4.69) is 23.7 Å². The molecular weight excluding hydrogens is 424 g/mol. The summed E-state index contributed by atoms with van der Waals surface area (Å²) in [6.45, 7) is 8.57. The first kappa shape index (κ1) is 22.1. The van der Waals surface area contributed by atoms with Gasteiger partial charge < -0.3 is 4.90 Å². The lowest BCUT2D eigenvalue weighted by Crippen LogP contribution is -2.39. The van der Waals surface area contributed by atoms with Crippen LogP contribution < -0.4 is 4.90 Å². The van der Waals surface area contributed by atoms with Crippen LogP contribution in [0.3, 0.4) is 0 Å². The van der Waals surface area contributed by atoms with Crippen molar-refractivity contribution in [3.05, 3.63) is 62.7 Å². The van der Waals surface area contributed by atoms with E-state index in [1.165, 1.54) is 17.4 Å². The highest BCUT2D eigenvalue weighted by atomic mass is 35.5. The van der Waals surface area contributed by atoms with Crippen LogP contribution in [0.25, 0.3) is 10.2 Å². The molecule has 3 aromatic rings. The molecule has 0 spiro atoms. The van der Waals surface area contributed by atoms with Gasteiger partial charge in [-0.25, -0.2) is 4.98 Å². The van der Waals surface area contributed by atoms with Gasteiger partial charge in [-0.15, -0.1) is 0 Å². The third-order valence-electron chi connectivity index (χ3n) is 5.08. The van der Waals surface area contributed by atoms with E-state index in [1.807, 2.05) is 12.1 Å². The van der Waals surface area contributed by atoms with E-state index in [-0.39, 0.29) is 11.6 Å². The van der Waals surface area contributed by atoms with Crippen LogP contribution in [-0.2, 0) is 0 Å². The molecule has 158 valence electrons. The average Bonchev–Trinajstić information content (AvgIpc) is 3.13. The van der Waals surface area contributed by atoms with Crippen LogP contribution in [0.2, 0.25) is 5.02 Å². The Labute approximate surface area is 184 Å². The number of thiazole rings is 1. The van der Waals surface area contributed by atoms with E-state index in [0.29, 0.717) is 34.4 Å². The Hall–Kier alpha value is -2.55. The Bertz CT molecular complexity index is 1080. The predicted octanol–water partition coefficient (Wildman–Crippen LogP) is 5.15. The number of fused-ring (bicyclic) bond motifs is 1. The van der Waals surface area contributed by atoms with E-state index < -0.39 is 4.92 Å². The van der Waals surface area contributed by atoms with Gasteiger partial charge in [-0.2, -0.15) is 0 Å². The molecule has 9 heteroatoms. The number of nitro groups is 1. The maximum atomic E-state index is 13.5. The lowest BCUT2D eigenvalue weighted by molar-refractivity contribution is -0.385. The van der Waals surface area contributed by atoms with Crippen molar-refractivity contribution < 1.29 is 9.72 Å². The number of aromatic nitrogens is 1. The zero-order chi connectivity index (χ0) is 21.8. The second-order valence-corrected chi connectivity index (χ2v) is 8.24. The number of nitrogens with zero attached hydrogens (tertiary/aromatic N) is 4. The van der Waals surface area contributed by atoms with Gasteiger partial charge >= 0.3 is 0 Å². The summed E-state index contributed by atoms with van der Waals surface area (Å²) in [5.74, 6) is -0.298. The second kappa shape index (κ2) is 9.51. The third kappa shape index (κ3) is 4.61. The molecule has 0 N–H and O–H groups in total. The van der Waals surface area contributed by atoms with Gasteiger partial charge in [0.2, 0.25) is 0 Å². The highest BCUT2D eigenvalue weighted by molar-refractivity contribution is 7.22. The van der Waals surface area contributed by atoms with Crippen LogP contribution in [0.15, 0.2) is 36.4 Å². The SMILES string of the molecule is CCN(CC)CCN(C(=O)c1cccc([N+](=O)[O-])c1C)c1nc2ccc(Cl)cc2s1. The van der Waals surface area contributed by atoms with Gasteiger partial charge in [0, 0.05) is 35.3 Å². The molecule has 0 fully saturated rings. The van der Waals surface area contributed by atoms with Gasteiger partial charge in [0.15, 0.2) is 5.13 Å². The summed E-state index contributed by atoms with van der Waals surface area (Å²) >= 11 is 7.48. The predicted molar refractivity (Wildman–Crippen MR) is 122 cm³/mol. The molecule has 30 heavy (non-hydrogen) atoms. The van der Waals surface area contributed by atoms with Gasteiger partial charge in [0.05, 0.1) is 15.1 Å². The Kier molecular flexibility index (Phi) is 7.02. The molecule has 0 radical (unpaired) electrons. The minimum absolute atomic E-state index is 0.0689. The van der Waals surface area contributed by atoms with Crippen molar-refractivity contribution >= 4 is 49.9 Å². The molecule has 0 aliphatic carbocycles. The average molecular weight is 447 g/mol. The summed E-state index contributed by atoms with van der Waals surface area (Å²) in [4.78, 5) is 32.8. The monoisotopic (exact) mass is 446 g/mol. The van der Waals surface area contributed by atoms with E-state index in [0.717, 1.165) is 23.3 Å². The first-order valence-electron chi connectivity index (χ1n) is 9.70. The quantitative estimate of drug-likeness (QED) is 0.353. The van der Waals surface area contributed by atoms with Crippen molar-refractivity contribution in [2.24, 2.45) is 0 Å². The fourth-order valence-corrected chi connectivity index (χ4v) is 4.53. The number of hydrogen-bond donors (Lipinski definition) is 0. The van der Waals surface area contributed by atoms with Crippen LogP contribution in [0.1, 0.15) is 29.8 Å². The first-order valence-corrected chi connectivity index (χ1v) is 10.9. The molecule has 0 saturated heterocycles. The maximum Gasteiger partial charge on any atom is 0.273 e. The smallest absolute Gasteiger partial charge is 0.273 e. The number of anilines is 1. The molecule has 7 nitrogen and oxygen atoms in total. The highest BCUT2D eigenvalue weighted by Crippen LogP contribution is 2.32. The standard InChI is InChI=1S/C21H23ClN4O3S/c1-4-24(5-2)11-12-25(21-23-17-10-9-15(22)13-19(17)30-21)20(27)16-7-6-8-18(14(16)3)26(28)29/h6-10,13H,4-5,11-12H2,1-3H3. The Balaban J connectivity index is 2.03. The molecule has 0 atom stereocenters. The molecule has 3 rings (SSSR count). The molecular formula is C21H23ClN4O3S. The number of carbonyl (C=O) groups is 1. The van der Waals surface area contributed by atoms with Crippen molar-refractivity contribution in [1.82, 2.24) is 9.88 Å². The molecule has 0 saturated carbocycles. The Morgan fingerprint density at radius 2 is 1.93 bits per heavy atom. The summed E-state index contributed by atoms with van der Waals surface area (Å²) in [5.41, 5.74) is 1.35. The molecule has 1 heterocycles. The van der Waals surface area contributed by atoms with Crippen LogP contribution in [0, 0.1) is 17.0 Å². The van der Waals surface area contributed by atoms with E-state index in [4.69, 9.17) is 11.6 Å². The lowest BCUT2D eigenvalue weighted by atomic mass is 10.1. The van der Waals surface area contributed by atoms with Crippen LogP contribution in [-0.4, -0.2) is 46.9 Å². The maximum absolute atomic E-state index is 13.5. The van der Waals surface area contributed by atoms with Crippen molar-refractivity contribution in [3.8, 4) is 0 Å². The van der Waals surface area contributed by atoms with E-state index >= 15 is 0 Å². The van der Waals surface area contributed by atoms with Crippen LogP contribution in [0.5, 0.6) is 0 Å². The number of rotatable bonds is 8. The highest BCUT2D eigenvalue weighted by Gasteiger charge is 2.26. The summed E-state index contributed by atoms with van der Waals surface area (Å²) < 4.78 is 0.883.